The van der Waals surface area contributed by atoms with E-state index in [0.717, 1.165) is 29.5 Å². The van der Waals surface area contributed by atoms with E-state index in [0.29, 0.717) is 0 Å². The van der Waals surface area contributed by atoms with Crippen molar-refractivity contribution in [3.63, 3.8) is 0 Å². The van der Waals surface area contributed by atoms with Crippen molar-refractivity contribution >= 4 is 0 Å². The first-order chi connectivity index (χ1) is 10.2. The third kappa shape index (κ3) is 3.75. The largest absolute Gasteiger partial charge is 0.386 e. The van der Waals surface area contributed by atoms with Gasteiger partial charge in [0, 0.05) is 12.4 Å². The van der Waals surface area contributed by atoms with Crippen LogP contribution in [0.4, 0.5) is 0 Å². The van der Waals surface area contributed by atoms with Crippen LogP contribution in [0.1, 0.15) is 58.6 Å². The number of hydrogen-bond donors (Lipinski definition) is 1. The van der Waals surface area contributed by atoms with Crippen LogP contribution in [0.25, 0.3) is 11.1 Å². The summed E-state index contributed by atoms with van der Waals surface area (Å²) in [5, 5.41) is 10.5. The molecule has 2 rings (SSSR count). The molecule has 0 aliphatic carbocycles. The Kier molecular flexibility index (Phi) is 4.72. The lowest BCUT2D eigenvalue weighted by atomic mass is 9.78. The van der Waals surface area contributed by atoms with Gasteiger partial charge in [-0.15, -0.1) is 0 Å². The first-order valence-electron chi connectivity index (χ1n) is 8.03. The van der Waals surface area contributed by atoms with Crippen LogP contribution in [-0.4, -0.2) is 10.1 Å². The molecule has 22 heavy (non-hydrogen) atoms. The van der Waals surface area contributed by atoms with Crippen molar-refractivity contribution in [2.24, 2.45) is 0 Å². The van der Waals surface area contributed by atoms with E-state index < -0.39 is 5.60 Å². The van der Waals surface area contributed by atoms with Crippen LogP contribution in [0.3, 0.4) is 0 Å². The highest BCUT2D eigenvalue weighted by molar-refractivity contribution is 5.65. The van der Waals surface area contributed by atoms with Crippen molar-refractivity contribution in [1.29, 1.82) is 0 Å². The molecule has 1 aromatic heterocycles. The van der Waals surface area contributed by atoms with Crippen molar-refractivity contribution in [1.82, 2.24) is 4.98 Å². The molecule has 1 N–H and O–H groups in total. The van der Waals surface area contributed by atoms with E-state index in [9.17, 15) is 5.11 Å². The van der Waals surface area contributed by atoms with E-state index in [1.807, 2.05) is 38.4 Å². The van der Waals surface area contributed by atoms with Crippen molar-refractivity contribution in [2.45, 2.75) is 58.5 Å². The molecule has 0 saturated carbocycles. The average Bonchev–Trinajstić information content (AvgIpc) is 2.47. The number of aliphatic hydroxyl groups is 1. The van der Waals surface area contributed by atoms with Gasteiger partial charge in [0.05, 0.1) is 5.60 Å². The lowest BCUT2D eigenvalue weighted by Crippen LogP contribution is -2.21. The molecule has 0 radical (unpaired) electrons. The molecule has 2 nitrogen and oxygen atoms in total. The quantitative estimate of drug-likeness (QED) is 0.837. The topological polar surface area (TPSA) is 33.1 Å². The van der Waals surface area contributed by atoms with Crippen molar-refractivity contribution in [2.75, 3.05) is 0 Å². The summed E-state index contributed by atoms with van der Waals surface area (Å²) < 4.78 is 0. The van der Waals surface area contributed by atoms with Crippen LogP contribution in [0.2, 0.25) is 0 Å². The monoisotopic (exact) mass is 297 g/mol. The molecule has 1 aromatic carbocycles. The number of nitrogens with zero attached hydrogens (tertiary/aromatic N) is 1. The van der Waals surface area contributed by atoms with Crippen molar-refractivity contribution < 1.29 is 5.11 Å². The van der Waals surface area contributed by atoms with Gasteiger partial charge in [-0.1, -0.05) is 39.3 Å². The summed E-state index contributed by atoms with van der Waals surface area (Å²) in [5.41, 5.74) is 3.76. The molecule has 0 aliphatic heterocycles. The molecule has 0 saturated heterocycles. The Labute approximate surface area is 134 Å². The van der Waals surface area contributed by atoms with Gasteiger partial charge in [0.25, 0.3) is 0 Å². The third-order valence-corrected chi connectivity index (χ3v) is 4.31. The maximum absolute atomic E-state index is 10.5. The Balaban J connectivity index is 2.60. The fraction of sp³-hybridized carbons (Fsp3) is 0.450. The van der Waals surface area contributed by atoms with Crippen LogP contribution in [-0.2, 0) is 11.0 Å². The molecule has 1 heterocycles. The third-order valence-electron chi connectivity index (χ3n) is 4.31. The fourth-order valence-electron chi connectivity index (χ4n) is 2.85. The predicted molar refractivity (Wildman–Crippen MR) is 92.9 cm³/mol. The van der Waals surface area contributed by atoms with Gasteiger partial charge >= 0.3 is 0 Å². The summed E-state index contributed by atoms with van der Waals surface area (Å²) in [4.78, 5) is 4.09. The standard InChI is InChI=1S/C20H27NO/c1-6-9-19(2,3)17-12-16(15-7-10-21-11-8-15)13-18(14-17)20(4,5)22/h7-8,10-14,22H,6,9H2,1-5H3. The summed E-state index contributed by atoms with van der Waals surface area (Å²) in [6.07, 6.45) is 5.88. The summed E-state index contributed by atoms with van der Waals surface area (Å²) in [5.74, 6) is 0. The minimum absolute atomic E-state index is 0.0950. The maximum atomic E-state index is 10.5. The number of rotatable bonds is 5. The van der Waals surface area contributed by atoms with Gasteiger partial charge in [-0.2, -0.15) is 0 Å². The molecule has 0 aliphatic rings. The zero-order chi connectivity index (χ0) is 16.4. The Morgan fingerprint density at radius 2 is 1.50 bits per heavy atom. The SMILES string of the molecule is CCCC(C)(C)c1cc(-c2ccncc2)cc(C(C)(C)O)c1. The molecular weight excluding hydrogens is 270 g/mol. The summed E-state index contributed by atoms with van der Waals surface area (Å²) in [6, 6.07) is 10.5. The number of aromatic nitrogens is 1. The van der Waals surface area contributed by atoms with Gasteiger partial charge < -0.3 is 5.11 Å². The normalized spacial score (nSPS) is 12.5. The lowest BCUT2D eigenvalue weighted by molar-refractivity contribution is 0.0785. The Bertz CT molecular complexity index is 624. The highest BCUT2D eigenvalue weighted by Crippen LogP contribution is 2.35. The van der Waals surface area contributed by atoms with Crippen LogP contribution in [0.5, 0.6) is 0 Å². The lowest BCUT2D eigenvalue weighted by Gasteiger charge is -2.28. The highest BCUT2D eigenvalue weighted by Gasteiger charge is 2.24. The van der Waals surface area contributed by atoms with Gasteiger partial charge in [-0.05, 0) is 66.1 Å². The predicted octanol–water partition coefficient (Wildman–Crippen LogP) is 5.05. The van der Waals surface area contributed by atoms with Crippen LogP contribution >= 0.6 is 0 Å². The number of hydrogen-bond acceptors (Lipinski definition) is 2. The van der Waals surface area contributed by atoms with E-state index in [1.54, 1.807) is 0 Å². The highest BCUT2D eigenvalue weighted by atomic mass is 16.3. The molecule has 0 atom stereocenters. The summed E-state index contributed by atoms with van der Waals surface area (Å²) in [7, 11) is 0. The summed E-state index contributed by atoms with van der Waals surface area (Å²) >= 11 is 0. The van der Waals surface area contributed by atoms with Crippen LogP contribution in [0.15, 0.2) is 42.7 Å². The Morgan fingerprint density at radius 3 is 2.05 bits per heavy atom. The van der Waals surface area contributed by atoms with E-state index >= 15 is 0 Å². The second-order valence-electron chi connectivity index (χ2n) is 7.23. The van der Waals surface area contributed by atoms with Gasteiger partial charge in [0.2, 0.25) is 0 Å². The van der Waals surface area contributed by atoms with Gasteiger partial charge in [0.1, 0.15) is 0 Å². The van der Waals surface area contributed by atoms with E-state index in [4.69, 9.17) is 0 Å². The van der Waals surface area contributed by atoms with Crippen LogP contribution in [0, 0.1) is 0 Å². The number of benzene rings is 1. The molecule has 0 fully saturated rings. The van der Waals surface area contributed by atoms with E-state index in [2.05, 4.69) is 44.0 Å². The number of pyridine rings is 1. The summed E-state index contributed by atoms with van der Waals surface area (Å²) in [6.45, 7) is 10.4. The maximum Gasteiger partial charge on any atom is 0.0840 e. The second-order valence-corrected chi connectivity index (χ2v) is 7.23. The fourth-order valence-corrected chi connectivity index (χ4v) is 2.85. The second kappa shape index (κ2) is 6.21. The molecule has 2 aromatic rings. The van der Waals surface area contributed by atoms with Crippen LogP contribution < -0.4 is 0 Å². The molecule has 0 amide bonds. The Morgan fingerprint density at radius 1 is 0.909 bits per heavy atom. The minimum Gasteiger partial charge on any atom is -0.386 e. The van der Waals surface area contributed by atoms with Gasteiger partial charge in [0.15, 0.2) is 0 Å². The van der Waals surface area contributed by atoms with Crippen molar-refractivity contribution in [3.05, 3.63) is 53.9 Å². The molecule has 118 valence electrons. The van der Waals surface area contributed by atoms with Gasteiger partial charge in [-0.3, -0.25) is 4.98 Å². The Hall–Kier alpha value is -1.67. The molecule has 2 heteroatoms. The smallest absolute Gasteiger partial charge is 0.0840 e. The van der Waals surface area contributed by atoms with Gasteiger partial charge in [-0.25, -0.2) is 0 Å². The average molecular weight is 297 g/mol. The molecule has 0 unspecified atom stereocenters. The molecular formula is C20H27NO. The van der Waals surface area contributed by atoms with E-state index in [-0.39, 0.29) is 5.41 Å². The van der Waals surface area contributed by atoms with Crippen molar-refractivity contribution in [3.8, 4) is 11.1 Å². The zero-order valence-corrected chi connectivity index (χ0v) is 14.4. The minimum atomic E-state index is -0.847. The molecule has 0 bridgehead atoms. The van der Waals surface area contributed by atoms with E-state index in [1.165, 1.54) is 5.56 Å². The molecule has 0 spiro atoms. The zero-order valence-electron chi connectivity index (χ0n) is 14.4. The first kappa shape index (κ1) is 16.7. The first-order valence-corrected chi connectivity index (χ1v) is 8.03.